The lowest BCUT2D eigenvalue weighted by Crippen LogP contribution is -2.17. The molecule has 1 atom stereocenters. The van der Waals surface area contributed by atoms with Crippen molar-refractivity contribution in [1.82, 2.24) is 0 Å². The van der Waals surface area contributed by atoms with E-state index in [4.69, 9.17) is 9.47 Å². The number of rotatable bonds is 6. The summed E-state index contributed by atoms with van der Waals surface area (Å²) >= 11 is 0. The fourth-order valence-electron chi connectivity index (χ4n) is 1.23. The van der Waals surface area contributed by atoms with Crippen LogP contribution in [0.5, 0.6) is 11.5 Å². The molecule has 0 aromatic heterocycles. The minimum absolute atomic E-state index is 0.449. The molecule has 0 N–H and O–H groups in total. The van der Waals surface area contributed by atoms with Gasteiger partial charge >= 0.3 is 0 Å². The highest BCUT2D eigenvalue weighted by atomic mass is 16.5. The van der Waals surface area contributed by atoms with E-state index in [9.17, 15) is 9.59 Å². The zero-order chi connectivity index (χ0) is 12.0. The van der Waals surface area contributed by atoms with Gasteiger partial charge in [0, 0.05) is 5.56 Å². The molecule has 0 aliphatic carbocycles. The van der Waals surface area contributed by atoms with Crippen molar-refractivity contribution in [2.75, 3.05) is 7.11 Å². The lowest BCUT2D eigenvalue weighted by atomic mass is 10.2. The Bertz CT molecular complexity index is 373. The van der Waals surface area contributed by atoms with Crippen molar-refractivity contribution in [3.63, 3.8) is 0 Å². The fraction of sp³-hybridized carbons (Fsp3) is 0.333. The lowest BCUT2D eigenvalue weighted by Gasteiger charge is -2.14. The number of hydrogen-bond donors (Lipinski definition) is 0. The minimum atomic E-state index is -0.490. The number of hydrogen-bond acceptors (Lipinski definition) is 4. The number of methoxy groups -OCH3 is 1. The van der Waals surface area contributed by atoms with E-state index < -0.39 is 6.10 Å². The summed E-state index contributed by atoms with van der Waals surface area (Å²) in [7, 11) is 1.48. The molecule has 4 nitrogen and oxygen atoms in total. The average molecular weight is 222 g/mol. The van der Waals surface area contributed by atoms with Crippen molar-refractivity contribution in [2.24, 2.45) is 0 Å². The van der Waals surface area contributed by atoms with Gasteiger partial charge in [0.05, 0.1) is 7.11 Å². The minimum Gasteiger partial charge on any atom is -0.493 e. The van der Waals surface area contributed by atoms with E-state index in [0.29, 0.717) is 23.5 Å². The Morgan fingerprint density at radius 2 is 2.06 bits per heavy atom. The zero-order valence-corrected chi connectivity index (χ0v) is 9.30. The molecule has 0 radical (unpaired) electrons. The molecule has 86 valence electrons. The highest BCUT2D eigenvalue weighted by molar-refractivity contribution is 5.76. The maximum atomic E-state index is 10.6. The van der Waals surface area contributed by atoms with Crippen molar-refractivity contribution in [3.05, 3.63) is 23.8 Å². The molecule has 1 aromatic rings. The van der Waals surface area contributed by atoms with E-state index in [-0.39, 0.29) is 0 Å². The van der Waals surface area contributed by atoms with Crippen molar-refractivity contribution in [1.29, 1.82) is 0 Å². The van der Waals surface area contributed by atoms with Gasteiger partial charge in [0.1, 0.15) is 6.29 Å². The molecule has 16 heavy (non-hydrogen) atoms. The molecule has 1 aromatic carbocycles. The predicted octanol–water partition coefficient (Wildman–Crippen LogP) is 1.86. The van der Waals surface area contributed by atoms with Gasteiger partial charge in [-0.3, -0.25) is 9.59 Å². The van der Waals surface area contributed by atoms with Gasteiger partial charge in [-0.2, -0.15) is 0 Å². The van der Waals surface area contributed by atoms with Crippen LogP contribution in [-0.2, 0) is 4.79 Å². The van der Waals surface area contributed by atoms with E-state index in [0.717, 1.165) is 12.6 Å². The number of benzene rings is 1. The number of ether oxygens (including phenoxy) is 2. The maximum absolute atomic E-state index is 10.6. The normalized spacial score (nSPS) is 11.6. The van der Waals surface area contributed by atoms with Crippen LogP contribution in [0.3, 0.4) is 0 Å². The maximum Gasteiger partial charge on any atom is 0.162 e. The van der Waals surface area contributed by atoms with Gasteiger partial charge in [0.15, 0.2) is 23.9 Å². The Morgan fingerprint density at radius 3 is 2.56 bits per heavy atom. The molecule has 0 amide bonds. The first-order valence-electron chi connectivity index (χ1n) is 5.00. The topological polar surface area (TPSA) is 52.6 Å². The summed E-state index contributed by atoms with van der Waals surface area (Å²) in [5.74, 6) is 0.914. The molecule has 0 heterocycles. The van der Waals surface area contributed by atoms with Gasteiger partial charge in [0.25, 0.3) is 0 Å². The molecule has 0 aliphatic rings. The summed E-state index contributed by atoms with van der Waals surface area (Å²) in [6.07, 6.45) is 1.56. The second kappa shape index (κ2) is 5.90. The summed E-state index contributed by atoms with van der Waals surface area (Å²) in [6.45, 7) is 1.85. The molecule has 1 unspecified atom stereocenters. The van der Waals surface area contributed by atoms with Gasteiger partial charge < -0.3 is 9.47 Å². The first kappa shape index (κ1) is 12.2. The van der Waals surface area contributed by atoms with Crippen molar-refractivity contribution in [2.45, 2.75) is 19.4 Å². The van der Waals surface area contributed by atoms with Crippen LogP contribution in [0.1, 0.15) is 23.7 Å². The Labute approximate surface area is 94.2 Å². The van der Waals surface area contributed by atoms with Gasteiger partial charge in [0.2, 0.25) is 0 Å². The second-order valence-corrected chi connectivity index (χ2v) is 3.23. The van der Waals surface area contributed by atoms with E-state index in [1.807, 2.05) is 6.92 Å². The van der Waals surface area contributed by atoms with Crippen LogP contribution in [0.25, 0.3) is 0 Å². The van der Waals surface area contributed by atoms with Crippen LogP contribution in [0.4, 0.5) is 0 Å². The van der Waals surface area contributed by atoms with Gasteiger partial charge in [-0.1, -0.05) is 6.92 Å². The highest BCUT2D eigenvalue weighted by Gasteiger charge is 2.11. The first-order chi connectivity index (χ1) is 7.74. The van der Waals surface area contributed by atoms with Gasteiger partial charge in [-0.25, -0.2) is 0 Å². The smallest absolute Gasteiger partial charge is 0.162 e. The Hall–Kier alpha value is -1.84. The van der Waals surface area contributed by atoms with Crippen LogP contribution in [-0.4, -0.2) is 25.8 Å². The SMILES string of the molecule is CCC(C=O)Oc1ccc(C=O)cc1OC. The second-order valence-electron chi connectivity index (χ2n) is 3.23. The van der Waals surface area contributed by atoms with E-state index in [1.54, 1.807) is 18.2 Å². The van der Waals surface area contributed by atoms with E-state index in [2.05, 4.69) is 0 Å². The molecule has 0 saturated heterocycles. The molecule has 0 spiro atoms. The van der Waals surface area contributed by atoms with Crippen LogP contribution >= 0.6 is 0 Å². The molecule has 1 rings (SSSR count). The van der Waals surface area contributed by atoms with E-state index >= 15 is 0 Å². The monoisotopic (exact) mass is 222 g/mol. The number of carbonyl (C=O) groups is 2. The number of aldehydes is 2. The van der Waals surface area contributed by atoms with Gasteiger partial charge in [-0.05, 0) is 24.6 Å². The Kier molecular flexibility index (Phi) is 4.51. The fourth-order valence-corrected chi connectivity index (χ4v) is 1.23. The lowest BCUT2D eigenvalue weighted by molar-refractivity contribution is -0.113. The highest BCUT2D eigenvalue weighted by Crippen LogP contribution is 2.28. The third-order valence-corrected chi connectivity index (χ3v) is 2.16. The third-order valence-electron chi connectivity index (χ3n) is 2.16. The standard InChI is InChI=1S/C12H14O4/c1-3-10(8-14)16-11-5-4-9(7-13)6-12(11)15-2/h4-8,10H,3H2,1-2H3. The molecule has 4 heteroatoms. The molecular formula is C12H14O4. The Balaban J connectivity index is 2.94. The van der Waals surface area contributed by atoms with Crippen molar-refractivity contribution in [3.8, 4) is 11.5 Å². The summed E-state index contributed by atoms with van der Waals surface area (Å²) in [4.78, 5) is 21.2. The molecule has 0 saturated carbocycles. The quantitative estimate of drug-likeness (QED) is 0.689. The first-order valence-corrected chi connectivity index (χ1v) is 5.00. The summed E-state index contributed by atoms with van der Waals surface area (Å²) < 4.78 is 10.5. The Morgan fingerprint density at radius 1 is 1.31 bits per heavy atom. The third kappa shape index (κ3) is 2.82. The molecule has 0 fully saturated rings. The molecular weight excluding hydrogens is 208 g/mol. The molecule has 0 bridgehead atoms. The largest absolute Gasteiger partial charge is 0.493 e. The van der Waals surface area contributed by atoms with Crippen LogP contribution in [0, 0.1) is 0 Å². The van der Waals surface area contributed by atoms with Crippen LogP contribution in [0.2, 0.25) is 0 Å². The average Bonchev–Trinajstić information content (AvgIpc) is 2.35. The summed E-state index contributed by atoms with van der Waals surface area (Å²) in [5.41, 5.74) is 0.503. The van der Waals surface area contributed by atoms with Gasteiger partial charge in [-0.15, -0.1) is 0 Å². The van der Waals surface area contributed by atoms with Crippen LogP contribution in [0.15, 0.2) is 18.2 Å². The predicted molar refractivity (Wildman–Crippen MR) is 59.2 cm³/mol. The van der Waals surface area contributed by atoms with Crippen molar-refractivity contribution < 1.29 is 19.1 Å². The zero-order valence-electron chi connectivity index (χ0n) is 9.30. The molecule has 0 aliphatic heterocycles. The summed E-state index contributed by atoms with van der Waals surface area (Å²) in [5, 5.41) is 0. The number of carbonyl (C=O) groups excluding carboxylic acids is 2. The van der Waals surface area contributed by atoms with Crippen molar-refractivity contribution >= 4 is 12.6 Å². The van der Waals surface area contributed by atoms with E-state index in [1.165, 1.54) is 7.11 Å². The summed E-state index contributed by atoms with van der Waals surface area (Å²) in [6, 6.07) is 4.80. The van der Waals surface area contributed by atoms with Crippen LogP contribution < -0.4 is 9.47 Å².